The average Bonchev–Trinajstić information content (AvgIpc) is 2.35. The first-order valence-corrected chi connectivity index (χ1v) is 5.06. The van der Waals surface area contributed by atoms with Crippen molar-refractivity contribution >= 4 is 5.97 Å². The van der Waals surface area contributed by atoms with Gasteiger partial charge in [0.1, 0.15) is 0 Å². The molecule has 1 aromatic rings. The molecule has 0 radical (unpaired) electrons. The number of nitrogens with zero attached hydrogens (tertiary/aromatic N) is 1. The molecule has 0 saturated carbocycles. The number of ether oxygens (including phenoxy) is 3. The van der Waals surface area contributed by atoms with Crippen molar-refractivity contribution < 1.29 is 27.8 Å². The zero-order valence-electron chi connectivity index (χ0n) is 10.1. The number of hydrogen-bond acceptors (Lipinski definition) is 5. The van der Waals surface area contributed by atoms with Gasteiger partial charge in [-0.1, -0.05) is 0 Å². The van der Waals surface area contributed by atoms with Crippen LogP contribution in [0.1, 0.15) is 18.4 Å². The van der Waals surface area contributed by atoms with Gasteiger partial charge in [-0.25, -0.2) is 0 Å². The average molecular weight is 261 g/mol. The molecule has 0 aromatic carbocycles. The fraction of sp³-hybridized carbons (Fsp3) is 0.455. The third-order valence-corrected chi connectivity index (χ3v) is 2.27. The molecular weight excluding hydrogens is 248 g/mol. The van der Waals surface area contributed by atoms with Gasteiger partial charge in [-0.05, 0) is 12.5 Å². The van der Waals surface area contributed by atoms with Crippen LogP contribution in [-0.2, 0) is 9.53 Å². The summed E-state index contributed by atoms with van der Waals surface area (Å²) >= 11 is 0. The number of carbonyl (C=O) groups excluding carboxylic acids is 1. The summed E-state index contributed by atoms with van der Waals surface area (Å²) in [6.45, 7) is -1.42. The molecule has 0 amide bonds. The SMILES string of the molecule is COC(=O)C(C)c1cc(OC)nc(OC(F)F)c1. The second kappa shape index (κ2) is 6.13. The first-order valence-electron chi connectivity index (χ1n) is 5.06. The van der Waals surface area contributed by atoms with Gasteiger partial charge in [-0.15, -0.1) is 0 Å². The fourth-order valence-electron chi connectivity index (χ4n) is 1.32. The Morgan fingerprint density at radius 1 is 1.28 bits per heavy atom. The summed E-state index contributed by atoms with van der Waals surface area (Å²) in [5.74, 6) is -1.35. The van der Waals surface area contributed by atoms with Crippen molar-refractivity contribution in [2.45, 2.75) is 19.5 Å². The maximum absolute atomic E-state index is 12.1. The van der Waals surface area contributed by atoms with Crippen LogP contribution in [-0.4, -0.2) is 31.8 Å². The van der Waals surface area contributed by atoms with Crippen molar-refractivity contribution in [3.63, 3.8) is 0 Å². The molecule has 1 heterocycles. The minimum atomic E-state index is -2.99. The van der Waals surface area contributed by atoms with Gasteiger partial charge < -0.3 is 14.2 Å². The Kier molecular flexibility index (Phi) is 4.82. The third-order valence-electron chi connectivity index (χ3n) is 2.27. The molecule has 0 aliphatic rings. The van der Waals surface area contributed by atoms with E-state index in [2.05, 4.69) is 14.5 Å². The molecule has 0 spiro atoms. The zero-order valence-corrected chi connectivity index (χ0v) is 10.1. The van der Waals surface area contributed by atoms with Crippen molar-refractivity contribution in [2.24, 2.45) is 0 Å². The maximum atomic E-state index is 12.1. The zero-order chi connectivity index (χ0) is 13.7. The molecule has 0 aliphatic carbocycles. The first-order chi connectivity index (χ1) is 8.47. The fourth-order valence-corrected chi connectivity index (χ4v) is 1.32. The number of pyridine rings is 1. The topological polar surface area (TPSA) is 57.7 Å². The van der Waals surface area contributed by atoms with Gasteiger partial charge in [0, 0.05) is 12.1 Å². The highest BCUT2D eigenvalue weighted by Gasteiger charge is 2.19. The van der Waals surface area contributed by atoms with Crippen molar-refractivity contribution in [3.05, 3.63) is 17.7 Å². The minimum absolute atomic E-state index is 0.0823. The predicted octanol–water partition coefficient (Wildman–Crippen LogP) is 1.97. The van der Waals surface area contributed by atoms with Gasteiger partial charge in [-0.2, -0.15) is 13.8 Å². The second-order valence-electron chi connectivity index (χ2n) is 3.40. The second-order valence-corrected chi connectivity index (χ2v) is 3.40. The molecule has 1 unspecified atom stereocenters. The van der Waals surface area contributed by atoms with Crippen LogP contribution in [0.25, 0.3) is 0 Å². The van der Waals surface area contributed by atoms with E-state index in [1.54, 1.807) is 6.92 Å². The summed E-state index contributed by atoms with van der Waals surface area (Å²) in [5.41, 5.74) is 0.421. The van der Waals surface area contributed by atoms with E-state index >= 15 is 0 Å². The molecule has 0 N–H and O–H groups in total. The number of alkyl halides is 2. The van der Waals surface area contributed by atoms with Gasteiger partial charge in [-0.3, -0.25) is 4.79 Å². The van der Waals surface area contributed by atoms with Crippen LogP contribution in [0.4, 0.5) is 8.78 Å². The highest BCUT2D eigenvalue weighted by atomic mass is 19.3. The Labute approximate surface area is 103 Å². The summed E-state index contributed by atoms with van der Waals surface area (Å²) in [7, 11) is 2.58. The molecule has 0 bridgehead atoms. The van der Waals surface area contributed by atoms with Crippen LogP contribution in [0.2, 0.25) is 0 Å². The van der Waals surface area contributed by atoms with Crippen molar-refractivity contribution in [3.8, 4) is 11.8 Å². The molecule has 0 fully saturated rings. The summed E-state index contributed by atoms with van der Waals surface area (Å²) in [4.78, 5) is 15.1. The summed E-state index contributed by atoms with van der Waals surface area (Å²) < 4.78 is 37.8. The van der Waals surface area contributed by atoms with Crippen LogP contribution < -0.4 is 9.47 Å². The number of esters is 1. The van der Waals surface area contributed by atoms with Gasteiger partial charge >= 0.3 is 12.6 Å². The monoisotopic (exact) mass is 261 g/mol. The molecule has 100 valence electrons. The number of rotatable bonds is 5. The summed E-state index contributed by atoms with van der Waals surface area (Å²) in [6, 6.07) is 2.70. The van der Waals surface area contributed by atoms with E-state index in [-0.39, 0.29) is 11.8 Å². The largest absolute Gasteiger partial charge is 0.481 e. The number of hydrogen-bond donors (Lipinski definition) is 0. The lowest BCUT2D eigenvalue weighted by Gasteiger charge is -2.12. The van der Waals surface area contributed by atoms with E-state index in [4.69, 9.17) is 4.74 Å². The molecule has 1 aromatic heterocycles. The molecule has 1 atom stereocenters. The van der Waals surface area contributed by atoms with Gasteiger partial charge in [0.2, 0.25) is 11.8 Å². The number of methoxy groups -OCH3 is 2. The highest BCUT2D eigenvalue weighted by molar-refractivity contribution is 5.77. The Morgan fingerprint density at radius 2 is 1.89 bits per heavy atom. The van der Waals surface area contributed by atoms with Crippen molar-refractivity contribution in [2.75, 3.05) is 14.2 Å². The van der Waals surface area contributed by atoms with Crippen LogP contribution in [0.5, 0.6) is 11.8 Å². The molecule has 0 aliphatic heterocycles. The van der Waals surface area contributed by atoms with Crippen LogP contribution in [0, 0.1) is 0 Å². The van der Waals surface area contributed by atoms with E-state index in [0.29, 0.717) is 5.56 Å². The van der Waals surface area contributed by atoms with Crippen LogP contribution >= 0.6 is 0 Å². The van der Waals surface area contributed by atoms with E-state index in [1.807, 2.05) is 0 Å². The summed E-state index contributed by atoms with van der Waals surface area (Å²) in [6.07, 6.45) is 0. The van der Waals surface area contributed by atoms with Crippen LogP contribution in [0.15, 0.2) is 12.1 Å². The normalized spacial score (nSPS) is 12.1. The lowest BCUT2D eigenvalue weighted by atomic mass is 10.0. The molecule has 18 heavy (non-hydrogen) atoms. The lowest BCUT2D eigenvalue weighted by Crippen LogP contribution is -2.12. The van der Waals surface area contributed by atoms with Gasteiger partial charge in [0.05, 0.1) is 20.1 Å². The highest BCUT2D eigenvalue weighted by Crippen LogP contribution is 2.25. The maximum Gasteiger partial charge on any atom is 0.388 e. The molecule has 5 nitrogen and oxygen atoms in total. The molecular formula is C11H13F2NO4. The number of halogens is 2. The Bertz CT molecular complexity index is 426. The predicted molar refractivity (Wildman–Crippen MR) is 57.9 cm³/mol. The van der Waals surface area contributed by atoms with E-state index in [0.717, 1.165) is 0 Å². The number of aromatic nitrogens is 1. The van der Waals surface area contributed by atoms with Gasteiger partial charge in [0.15, 0.2) is 0 Å². The Hall–Kier alpha value is -1.92. The smallest absolute Gasteiger partial charge is 0.388 e. The first kappa shape index (κ1) is 14.1. The van der Waals surface area contributed by atoms with E-state index < -0.39 is 18.5 Å². The summed E-state index contributed by atoms with van der Waals surface area (Å²) in [5, 5.41) is 0. The van der Waals surface area contributed by atoms with E-state index in [1.165, 1.54) is 26.4 Å². The van der Waals surface area contributed by atoms with Crippen LogP contribution in [0.3, 0.4) is 0 Å². The molecule has 1 rings (SSSR count). The molecule has 7 heteroatoms. The third kappa shape index (κ3) is 3.54. The molecule has 0 saturated heterocycles. The Morgan fingerprint density at radius 3 is 2.39 bits per heavy atom. The minimum Gasteiger partial charge on any atom is -0.481 e. The Balaban J connectivity index is 3.07. The van der Waals surface area contributed by atoms with E-state index in [9.17, 15) is 13.6 Å². The van der Waals surface area contributed by atoms with Gasteiger partial charge in [0.25, 0.3) is 0 Å². The quantitative estimate of drug-likeness (QED) is 0.758. The standard InChI is InChI=1S/C11H13F2NO4/c1-6(10(15)17-3)7-4-8(16-2)14-9(5-7)18-11(12)13/h4-6,11H,1-3H3. The van der Waals surface area contributed by atoms with Crippen molar-refractivity contribution in [1.29, 1.82) is 0 Å². The van der Waals surface area contributed by atoms with Crippen molar-refractivity contribution in [1.82, 2.24) is 4.98 Å². The lowest BCUT2D eigenvalue weighted by molar-refractivity contribution is -0.141. The number of carbonyl (C=O) groups is 1.